The lowest BCUT2D eigenvalue weighted by atomic mass is 10.0. The van der Waals surface area contributed by atoms with E-state index in [2.05, 4.69) is 13.8 Å². The third-order valence-corrected chi connectivity index (χ3v) is 7.45. The molecule has 6 nitrogen and oxygen atoms in total. The standard InChI is InChI=1S/C27H35NO5S2/c1-19(2)25-18-35-27(34)28(25)26(30)14-22(29)13-24(17-32-15-20-7-5-4-6-8-20)33-16-21-9-11-23(31-3)12-10-21/h4-12,19,22,24-25,29H,13-18H2,1-3H3/t22-,24+,25+/m0/s1. The number of benzene rings is 2. The predicted octanol–water partition coefficient (Wildman–Crippen LogP) is 4.82. The Labute approximate surface area is 217 Å². The van der Waals surface area contributed by atoms with Gasteiger partial charge in [0, 0.05) is 18.2 Å². The molecule has 1 aliphatic rings. The van der Waals surface area contributed by atoms with Crippen LogP contribution >= 0.6 is 24.0 Å². The molecular weight excluding hydrogens is 482 g/mol. The van der Waals surface area contributed by atoms with Gasteiger partial charge in [-0.25, -0.2) is 0 Å². The van der Waals surface area contributed by atoms with Crippen LogP contribution in [0.3, 0.4) is 0 Å². The molecule has 1 heterocycles. The molecular formula is C27H35NO5S2. The normalized spacial score (nSPS) is 17.6. The molecule has 0 aromatic heterocycles. The number of hydrogen-bond acceptors (Lipinski definition) is 7. The third kappa shape index (κ3) is 8.58. The van der Waals surface area contributed by atoms with Crippen LogP contribution in [-0.2, 0) is 27.5 Å². The second kappa shape index (κ2) is 13.9. The maximum absolute atomic E-state index is 13.0. The number of carbonyl (C=O) groups is 1. The average Bonchev–Trinajstić information content (AvgIpc) is 3.25. The molecule has 1 N–H and O–H groups in total. The van der Waals surface area contributed by atoms with Gasteiger partial charge in [0.2, 0.25) is 5.91 Å². The number of ether oxygens (including phenoxy) is 3. The molecule has 0 spiro atoms. The van der Waals surface area contributed by atoms with Crippen molar-refractivity contribution in [1.82, 2.24) is 4.90 Å². The summed E-state index contributed by atoms with van der Waals surface area (Å²) in [5, 5.41) is 10.8. The number of thioether (sulfide) groups is 1. The SMILES string of the molecule is COc1ccc(CO[C@@H](COCc2ccccc2)C[C@H](O)CC(=O)N2C(=S)SC[C@@H]2C(C)C)cc1. The first-order chi connectivity index (χ1) is 16.9. The number of amides is 1. The van der Waals surface area contributed by atoms with Gasteiger partial charge in [-0.1, -0.05) is 80.3 Å². The van der Waals surface area contributed by atoms with Crippen LogP contribution in [0.5, 0.6) is 5.75 Å². The fourth-order valence-electron chi connectivity index (χ4n) is 3.90. The van der Waals surface area contributed by atoms with Crippen LogP contribution in [0.25, 0.3) is 0 Å². The number of aliphatic hydroxyl groups excluding tert-OH is 1. The van der Waals surface area contributed by atoms with Gasteiger partial charge in [0.1, 0.15) is 10.1 Å². The maximum Gasteiger partial charge on any atom is 0.230 e. The molecule has 190 valence electrons. The smallest absolute Gasteiger partial charge is 0.230 e. The molecule has 2 aromatic carbocycles. The van der Waals surface area contributed by atoms with E-state index in [4.69, 9.17) is 26.4 Å². The Kier molecular flexibility index (Phi) is 11.0. The summed E-state index contributed by atoms with van der Waals surface area (Å²) in [6.45, 7) is 5.30. The minimum absolute atomic E-state index is 0.00496. The highest BCUT2D eigenvalue weighted by Gasteiger charge is 2.36. The minimum Gasteiger partial charge on any atom is -0.497 e. The number of thiocarbonyl (C=S) groups is 1. The van der Waals surface area contributed by atoms with Crippen LogP contribution in [0.2, 0.25) is 0 Å². The van der Waals surface area contributed by atoms with Crippen molar-refractivity contribution in [3.8, 4) is 5.75 Å². The van der Waals surface area contributed by atoms with Crippen molar-refractivity contribution in [3.05, 3.63) is 65.7 Å². The van der Waals surface area contributed by atoms with E-state index in [-0.39, 0.29) is 30.9 Å². The van der Waals surface area contributed by atoms with Crippen LogP contribution in [0.15, 0.2) is 54.6 Å². The Bertz CT molecular complexity index is 938. The van der Waals surface area contributed by atoms with Crippen molar-refractivity contribution in [2.45, 2.75) is 58.2 Å². The van der Waals surface area contributed by atoms with Gasteiger partial charge in [0.25, 0.3) is 0 Å². The van der Waals surface area contributed by atoms with Crippen molar-refractivity contribution < 1.29 is 24.1 Å². The molecule has 0 aliphatic carbocycles. The summed E-state index contributed by atoms with van der Waals surface area (Å²) in [6, 6.07) is 17.6. The molecule has 1 amide bonds. The van der Waals surface area contributed by atoms with Crippen molar-refractivity contribution in [3.63, 3.8) is 0 Å². The first-order valence-electron chi connectivity index (χ1n) is 11.9. The lowest BCUT2D eigenvalue weighted by Crippen LogP contribution is -2.43. The molecule has 1 aliphatic heterocycles. The number of hydrogen-bond donors (Lipinski definition) is 1. The van der Waals surface area contributed by atoms with Gasteiger partial charge in [-0.15, -0.1) is 0 Å². The van der Waals surface area contributed by atoms with E-state index in [9.17, 15) is 9.90 Å². The van der Waals surface area contributed by atoms with Crippen molar-refractivity contribution >= 4 is 34.2 Å². The highest BCUT2D eigenvalue weighted by Crippen LogP contribution is 2.30. The molecule has 1 saturated heterocycles. The minimum atomic E-state index is -0.857. The zero-order valence-electron chi connectivity index (χ0n) is 20.6. The van der Waals surface area contributed by atoms with E-state index < -0.39 is 6.10 Å². The maximum atomic E-state index is 13.0. The van der Waals surface area contributed by atoms with Gasteiger partial charge in [0.05, 0.1) is 45.6 Å². The topological polar surface area (TPSA) is 68.2 Å². The van der Waals surface area contributed by atoms with Crippen molar-refractivity contribution in [2.75, 3.05) is 19.5 Å². The summed E-state index contributed by atoms with van der Waals surface area (Å²) < 4.78 is 17.8. The molecule has 3 atom stereocenters. The van der Waals surface area contributed by atoms with E-state index in [1.54, 1.807) is 12.0 Å². The molecule has 0 unspecified atom stereocenters. The van der Waals surface area contributed by atoms with E-state index in [1.165, 1.54) is 11.8 Å². The second-order valence-electron chi connectivity index (χ2n) is 9.03. The first kappa shape index (κ1) is 27.6. The number of aliphatic hydroxyl groups is 1. The molecule has 8 heteroatoms. The van der Waals surface area contributed by atoms with E-state index in [0.717, 1.165) is 22.6 Å². The fourth-order valence-corrected chi connectivity index (χ4v) is 5.57. The molecule has 1 fully saturated rings. The van der Waals surface area contributed by atoms with E-state index in [1.807, 2.05) is 54.6 Å². The Morgan fingerprint density at radius 1 is 1.11 bits per heavy atom. The summed E-state index contributed by atoms with van der Waals surface area (Å²) in [7, 11) is 1.63. The largest absolute Gasteiger partial charge is 0.497 e. The molecule has 3 rings (SSSR count). The Balaban J connectivity index is 1.57. The lowest BCUT2D eigenvalue weighted by molar-refractivity contribution is -0.131. The Morgan fingerprint density at radius 2 is 1.80 bits per heavy atom. The predicted molar refractivity (Wildman–Crippen MR) is 143 cm³/mol. The summed E-state index contributed by atoms with van der Waals surface area (Å²) in [5.74, 6) is 1.75. The van der Waals surface area contributed by atoms with E-state index in [0.29, 0.717) is 30.1 Å². The average molecular weight is 518 g/mol. The third-order valence-electron chi connectivity index (χ3n) is 5.95. The molecule has 0 bridgehead atoms. The number of rotatable bonds is 13. The molecule has 0 radical (unpaired) electrons. The lowest BCUT2D eigenvalue weighted by Gasteiger charge is -2.28. The summed E-state index contributed by atoms with van der Waals surface area (Å²) in [5.41, 5.74) is 2.06. The van der Waals surface area contributed by atoms with Crippen LogP contribution < -0.4 is 4.74 Å². The molecule has 0 saturated carbocycles. The van der Waals surface area contributed by atoms with Crippen LogP contribution in [0.1, 0.15) is 37.8 Å². The van der Waals surface area contributed by atoms with Crippen LogP contribution in [0.4, 0.5) is 0 Å². The van der Waals surface area contributed by atoms with Gasteiger partial charge < -0.3 is 19.3 Å². The Hall–Kier alpha value is -1.97. The summed E-state index contributed by atoms with van der Waals surface area (Å²) in [6.07, 6.45) is -0.934. The first-order valence-corrected chi connectivity index (χ1v) is 13.3. The fraction of sp³-hybridized carbons (Fsp3) is 0.481. The zero-order chi connectivity index (χ0) is 25.2. The molecule has 35 heavy (non-hydrogen) atoms. The van der Waals surface area contributed by atoms with Crippen molar-refractivity contribution in [1.29, 1.82) is 0 Å². The van der Waals surface area contributed by atoms with E-state index >= 15 is 0 Å². The van der Waals surface area contributed by atoms with Gasteiger partial charge in [0.15, 0.2) is 0 Å². The highest BCUT2D eigenvalue weighted by molar-refractivity contribution is 8.23. The summed E-state index contributed by atoms with van der Waals surface area (Å²) >= 11 is 6.93. The van der Waals surface area contributed by atoms with Gasteiger partial charge in [-0.2, -0.15) is 0 Å². The monoisotopic (exact) mass is 517 g/mol. The number of methoxy groups -OCH3 is 1. The van der Waals surface area contributed by atoms with Gasteiger partial charge in [-0.3, -0.25) is 9.69 Å². The zero-order valence-corrected chi connectivity index (χ0v) is 22.2. The van der Waals surface area contributed by atoms with Crippen LogP contribution in [-0.4, -0.2) is 58.0 Å². The van der Waals surface area contributed by atoms with Crippen molar-refractivity contribution in [2.24, 2.45) is 5.92 Å². The molecule has 2 aromatic rings. The Morgan fingerprint density at radius 3 is 2.46 bits per heavy atom. The quantitative estimate of drug-likeness (QED) is 0.382. The van der Waals surface area contributed by atoms with Gasteiger partial charge >= 0.3 is 0 Å². The van der Waals surface area contributed by atoms with Gasteiger partial charge in [-0.05, 0) is 29.2 Å². The summed E-state index contributed by atoms with van der Waals surface area (Å²) in [4.78, 5) is 14.7. The highest BCUT2D eigenvalue weighted by atomic mass is 32.2. The second-order valence-corrected chi connectivity index (χ2v) is 10.7. The number of carbonyl (C=O) groups excluding carboxylic acids is 1. The number of nitrogens with zero attached hydrogens (tertiary/aromatic N) is 1. The van der Waals surface area contributed by atoms with Crippen LogP contribution in [0, 0.1) is 5.92 Å².